The van der Waals surface area contributed by atoms with Crippen molar-refractivity contribution in [2.75, 3.05) is 19.6 Å². The van der Waals surface area contributed by atoms with Crippen molar-refractivity contribution < 1.29 is 4.79 Å². The summed E-state index contributed by atoms with van der Waals surface area (Å²) >= 11 is 0. The van der Waals surface area contributed by atoms with Crippen molar-refractivity contribution in [2.24, 2.45) is 11.7 Å². The molecule has 3 unspecified atom stereocenters. The number of nitrogens with one attached hydrogen (secondary N) is 1. The minimum absolute atomic E-state index is 0.0197. The van der Waals surface area contributed by atoms with Crippen LogP contribution in [0.4, 0.5) is 0 Å². The van der Waals surface area contributed by atoms with Gasteiger partial charge in [-0.15, -0.1) is 0 Å². The first-order valence-corrected chi connectivity index (χ1v) is 5.83. The van der Waals surface area contributed by atoms with Crippen LogP contribution in [0.1, 0.15) is 27.2 Å². The minimum atomic E-state index is -0.0197. The zero-order chi connectivity index (χ0) is 11.4. The van der Waals surface area contributed by atoms with Crippen molar-refractivity contribution in [3.8, 4) is 0 Å². The molecular formula is C11H23N3O. The van der Waals surface area contributed by atoms with Crippen LogP contribution in [0.3, 0.4) is 0 Å². The maximum atomic E-state index is 11.6. The summed E-state index contributed by atoms with van der Waals surface area (Å²) in [6.45, 7) is 8.60. The highest BCUT2D eigenvalue weighted by Gasteiger charge is 2.30. The first-order valence-electron chi connectivity index (χ1n) is 5.83. The second kappa shape index (κ2) is 5.47. The molecule has 4 nitrogen and oxygen atoms in total. The summed E-state index contributed by atoms with van der Waals surface area (Å²) in [5, 5.41) is 2.85. The molecule has 0 aromatic carbocycles. The molecule has 1 rings (SSSR count). The second-order valence-electron chi connectivity index (χ2n) is 4.47. The number of likely N-dealkylation sites (tertiary alicyclic amines) is 1. The maximum absolute atomic E-state index is 11.6. The molecule has 0 radical (unpaired) electrons. The van der Waals surface area contributed by atoms with Gasteiger partial charge in [0.2, 0.25) is 5.91 Å². The highest BCUT2D eigenvalue weighted by Crippen LogP contribution is 2.20. The number of carbonyl (C=O) groups is 1. The number of hydrogen-bond donors (Lipinski definition) is 2. The maximum Gasteiger partial charge on any atom is 0.237 e. The van der Waals surface area contributed by atoms with Crippen molar-refractivity contribution in [3.05, 3.63) is 0 Å². The smallest absolute Gasteiger partial charge is 0.237 e. The standard InChI is InChI=1S/C11H23N3O/c1-4-13-11(15)9(3)14-6-5-10(7-14)8(2)12/h8-10H,4-7,12H2,1-3H3,(H,13,15). The van der Waals surface area contributed by atoms with Crippen molar-refractivity contribution >= 4 is 5.91 Å². The van der Waals surface area contributed by atoms with Gasteiger partial charge in [-0.25, -0.2) is 0 Å². The molecule has 1 fully saturated rings. The molecule has 1 aliphatic heterocycles. The SMILES string of the molecule is CCNC(=O)C(C)N1CCC(C(C)N)C1. The van der Waals surface area contributed by atoms with Crippen LogP contribution in [0.2, 0.25) is 0 Å². The third kappa shape index (κ3) is 3.18. The lowest BCUT2D eigenvalue weighted by Crippen LogP contribution is -2.44. The van der Waals surface area contributed by atoms with Crippen LogP contribution < -0.4 is 11.1 Å². The van der Waals surface area contributed by atoms with E-state index in [0.29, 0.717) is 12.5 Å². The van der Waals surface area contributed by atoms with Crippen molar-refractivity contribution in [3.63, 3.8) is 0 Å². The third-order valence-corrected chi connectivity index (χ3v) is 3.28. The van der Waals surface area contributed by atoms with Gasteiger partial charge in [0.25, 0.3) is 0 Å². The van der Waals surface area contributed by atoms with Gasteiger partial charge in [0.05, 0.1) is 6.04 Å². The van der Waals surface area contributed by atoms with E-state index in [0.717, 1.165) is 19.5 Å². The fourth-order valence-corrected chi connectivity index (χ4v) is 2.08. The molecule has 88 valence electrons. The van der Waals surface area contributed by atoms with Crippen molar-refractivity contribution in [2.45, 2.75) is 39.3 Å². The van der Waals surface area contributed by atoms with Crippen LogP contribution >= 0.6 is 0 Å². The summed E-state index contributed by atoms with van der Waals surface area (Å²) in [5.74, 6) is 0.671. The third-order valence-electron chi connectivity index (χ3n) is 3.28. The van der Waals surface area contributed by atoms with E-state index in [1.165, 1.54) is 0 Å². The minimum Gasteiger partial charge on any atom is -0.355 e. The molecule has 0 aromatic rings. The van der Waals surface area contributed by atoms with Crippen molar-refractivity contribution in [1.82, 2.24) is 10.2 Å². The Morgan fingerprint density at radius 1 is 1.60 bits per heavy atom. The van der Waals surface area contributed by atoms with Crippen LogP contribution in [0, 0.1) is 5.92 Å². The molecule has 4 heteroatoms. The average Bonchev–Trinajstić information content (AvgIpc) is 2.65. The number of likely N-dealkylation sites (N-methyl/N-ethyl adjacent to an activating group) is 1. The normalized spacial score (nSPS) is 26.3. The fourth-order valence-electron chi connectivity index (χ4n) is 2.08. The molecule has 15 heavy (non-hydrogen) atoms. The molecule has 1 aliphatic rings. The van der Waals surface area contributed by atoms with Gasteiger partial charge in [-0.2, -0.15) is 0 Å². The van der Waals surface area contributed by atoms with E-state index >= 15 is 0 Å². The molecule has 3 atom stereocenters. The predicted octanol–water partition coefficient (Wildman–Crippen LogP) is 0.180. The molecule has 0 saturated carbocycles. The Bertz CT molecular complexity index is 218. The van der Waals surface area contributed by atoms with Gasteiger partial charge in [0.1, 0.15) is 0 Å². The molecule has 1 amide bonds. The zero-order valence-corrected chi connectivity index (χ0v) is 9.99. The van der Waals surface area contributed by atoms with Crippen LogP contribution in [0.15, 0.2) is 0 Å². The molecule has 1 saturated heterocycles. The monoisotopic (exact) mass is 213 g/mol. The van der Waals surface area contributed by atoms with Crippen LogP contribution in [0.25, 0.3) is 0 Å². The van der Waals surface area contributed by atoms with Gasteiger partial charge in [0, 0.05) is 19.1 Å². The van der Waals surface area contributed by atoms with E-state index in [-0.39, 0.29) is 18.0 Å². The summed E-state index contributed by atoms with van der Waals surface area (Å²) in [7, 11) is 0. The number of carbonyl (C=O) groups excluding carboxylic acids is 1. The Balaban J connectivity index is 2.42. The number of amides is 1. The lowest BCUT2D eigenvalue weighted by molar-refractivity contribution is -0.125. The Kier molecular flexibility index (Phi) is 4.54. The lowest BCUT2D eigenvalue weighted by Gasteiger charge is -2.23. The molecular weight excluding hydrogens is 190 g/mol. The lowest BCUT2D eigenvalue weighted by atomic mass is 10.0. The summed E-state index contributed by atoms with van der Waals surface area (Å²) in [4.78, 5) is 13.8. The van der Waals surface area contributed by atoms with Gasteiger partial charge in [-0.3, -0.25) is 9.69 Å². The van der Waals surface area contributed by atoms with Crippen LogP contribution in [-0.2, 0) is 4.79 Å². The summed E-state index contributed by atoms with van der Waals surface area (Å²) in [6.07, 6.45) is 1.11. The van der Waals surface area contributed by atoms with Gasteiger partial charge in [0.15, 0.2) is 0 Å². The summed E-state index contributed by atoms with van der Waals surface area (Å²) in [5.41, 5.74) is 5.87. The highest BCUT2D eigenvalue weighted by molar-refractivity contribution is 5.81. The molecule has 0 bridgehead atoms. The Labute approximate surface area is 92.2 Å². The van der Waals surface area contributed by atoms with E-state index in [4.69, 9.17) is 5.73 Å². The van der Waals surface area contributed by atoms with E-state index in [2.05, 4.69) is 10.2 Å². The topological polar surface area (TPSA) is 58.4 Å². The Morgan fingerprint density at radius 3 is 2.73 bits per heavy atom. The van der Waals surface area contributed by atoms with Gasteiger partial charge in [-0.05, 0) is 39.7 Å². The van der Waals surface area contributed by atoms with Gasteiger partial charge < -0.3 is 11.1 Å². The summed E-state index contributed by atoms with van der Waals surface area (Å²) < 4.78 is 0. The van der Waals surface area contributed by atoms with Crippen LogP contribution in [-0.4, -0.2) is 42.5 Å². The largest absolute Gasteiger partial charge is 0.355 e. The average molecular weight is 213 g/mol. The molecule has 0 spiro atoms. The number of rotatable bonds is 4. The quantitative estimate of drug-likeness (QED) is 0.700. The van der Waals surface area contributed by atoms with Crippen LogP contribution in [0.5, 0.6) is 0 Å². The molecule has 0 aromatic heterocycles. The zero-order valence-electron chi connectivity index (χ0n) is 9.99. The number of nitrogens with two attached hydrogens (primary N) is 1. The van der Waals surface area contributed by atoms with E-state index in [1.54, 1.807) is 0 Å². The second-order valence-corrected chi connectivity index (χ2v) is 4.47. The van der Waals surface area contributed by atoms with Gasteiger partial charge >= 0.3 is 0 Å². The van der Waals surface area contributed by atoms with E-state index in [1.807, 2.05) is 20.8 Å². The van der Waals surface area contributed by atoms with E-state index in [9.17, 15) is 4.79 Å². The Hall–Kier alpha value is -0.610. The number of nitrogens with zero attached hydrogens (tertiary/aromatic N) is 1. The van der Waals surface area contributed by atoms with E-state index < -0.39 is 0 Å². The first-order chi connectivity index (χ1) is 7.06. The number of hydrogen-bond acceptors (Lipinski definition) is 3. The first kappa shape index (κ1) is 12.5. The predicted molar refractivity (Wildman–Crippen MR) is 61.5 cm³/mol. The van der Waals surface area contributed by atoms with Crippen molar-refractivity contribution in [1.29, 1.82) is 0 Å². The molecule has 3 N–H and O–H groups in total. The Morgan fingerprint density at radius 2 is 2.27 bits per heavy atom. The molecule has 0 aliphatic carbocycles. The summed E-state index contributed by atoms with van der Waals surface area (Å²) in [6, 6.07) is 0.213. The molecule has 1 heterocycles. The fraction of sp³-hybridized carbons (Fsp3) is 0.909. The van der Waals surface area contributed by atoms with Gasteiger partial charge in [-0.1, -0.05) is 0 Å². The highest BCUT2D eigenvalue weighted by atomic mass is 16.2.